The van der Waals surface area contributed by atoms with Crippen LogP contribution >= 0.6 is 0 Å². The lowest BCUT2D eigenvalue weighted by molar-refractivity contribution is -0.143. The van der Waals surface area contributed by atoms with Crippen molar-refractivity contribution in [2.45, 2.75) is 38.1 Å². The van der Waals surface area contributed by atoms with Crippen molar-refractivity contribution < 1.29 is 14.7 Å². The molecule has 0 saturated heterocycles. The molecule has 1 fully saturated rings. The fraction of sp³-hybridized carbons (Fsp3) is 0.615. The summed E-state index contributed by atoms with van der Waals surface area (Å²) < 4.78 is 0. The van der Waals surface area contributed by atoms with E-state index in [4.69, 9.17) is 5.73 Å². The first-order valence-corrected chi connectivity index (χ1v) is 6.78. The number of aromatic nitrogens is 2. The van der Waals surface area contributed by atoms with Crippen molar-refractivity contribution in [2.24, 2.45) is 11.1 Å². The van der Waals surface area contributed by atoms with Crippen LogP contribution in [0.3, 0.4) is 0 Å². The topological polar surface area (TPSA) is 121 Å². The number of aliphatic carboxylic acids is 1. The third-order valence-electron chi connectivity index (χ3n) is 4.02. The van der Waals surface area contributed by atoms with Crippen LogP contribution in [0, 0.1) is 5.41 Å². The maximum atomic E-state index is 12.4. The number of amides is 1. The number of imidazole rings is 1. The Morgan fingerprint density at radius 2 is 2.20 bits per heavy atom. The summed E-state index contributed by atoms with van der Waals surface area (Å²) in [4.78, 5) is 30.3. The fourth-order valence-corrected chi connectivity index (χ4v) is 2.70. The van der Waals surface area contributed by atoms with Crippen LogP contribution in [0.1, 0.15) is 31.4 Å². The molecule has 1 saturated carbocycles. The van der Waals surface area contributed by atoms with Gasteiger partial charge in [-0.3, -0.25) is 4.79 Å². The molecule has 0 aromatic carbocycles. The average Bonchev–Trinajstić information content (AvgIpc) is 3.09. The second kappa shape index (κ2) is 6.04. The highest BCUT2D eigenvalue weighted by molar-refractivity contribution is 5.88. The van der Waals surface area contributed by atoms with Crippen LogP contribution in [0.5, 0.6) is 0 Å². The van der Waals surface area contributed by atoms with E-state index in [-0.39, 0.29) is 18.9 Å². The Bertz CT molecular complexity index is 466. The minimum absolute atomic E-state index is 0.182. The molecule has 7 heteroatoms. The van der Waals surface area contributed by atoms with Gasteiger partial charge in [0.15, 0.2) is 0 Å². The number of carboxylic acid groups (broad SMARTS) is 1. The number of hydrogen-bond donors (Lipinski definition) is 4. The SMILES string of the molecule is NCC1(C(=O)N[C@@H](Cc2cnc[nH]2)C(=O)O)CCCC1. The fourth-order valence-electron chi connectivity index (χ4n) is 2.70. The number of nitrogens with zero attached hydrogens (tertiary/aromatic N) is 1. The highest BCUT2D eigenvalue weighted by Gasteiger charge is 2.41. The minimum Gasteiger partial charge on any atom is -0.480 e. The largest absolute Gasteiger partial charge is 0.480 e. The van der Waals surface area contributed by atoms with Gasteiger partial charge in [0.2, 0.25) is 5.91 Å². The first kappa shape index (κ1) is 14.5. The molecule has 0 unspecified atom stereocenters. The Balaban J connectivity index is 2.04. The van der Waals surface area contributed by atoms with Gasteiger partial charge in [-0.15, -0.1) is 0 Å². The molecule has 110 valence electrons. The Hall–Kier alpha value is -1.89. The molecule has 1 atom stereocenters. The molecule has 5 N–H and O–H groups in total. The van der Waals surface area contributed by atoms with Crippen molar-refractivity contribution in [1.29, 1.82) is 0 Å². The number of carboxylic acids is 1. The molecular weight excluding hydrogens is 260 g/mol. The highest BCUT2D eigenvalue weighted by atomic mass is 16.4. The molecule has 1 aliphatic carbocycles. The standard InChI is InChI=1S/C13H20N4O3/c14-7-13(3-1-2-4-13)12(20)17-10(11(18)19)5-9-6-15-8-16-9/h6,8,10H,1-5,7,14H2,(H,15,16)(H,17,20)(H,18,19)/t10-/m0/s1. The van der Waals surface area contributed by atoms with E-state index in [9.17, 15) is 14.7 Å². The zero-order valence-corrected chi connectivity index (χ0v) is 11.3. The Morgan fingerprint density at radius 1 is 1.50 bits per heavy atom. The Labute approximate surface area is 117 Å². The summed E-state index contributed by atoms with van der Waals surface area (Å²) in [5.74, 6) is -1.30. The number of aromatic amines is 1. The molecule has 0 bridgehead atoms. The predicted molar refractivity (Wildman–Crippen MR) is 71.8 cm³/mol. The molecule has 0 radical (unpaired) electrons. The summed E-state index contributed by atoms with van der Waals surface area (Å²) in [7, 11) is 0. The van der Waals surface area contributed by atoms with Crippen LogP contribution in [0.15, 0.2) is 12.5 Å². The molecule has 1 heterocycles. The van der Waals surface area contributed by atoms with Crippen LogP contribution in [-0.4, -0.2) is 39.5 Å². The van der Waals surface area contributed by atoms with Crippen molar-refractivity contribution in [1.82, 2.24) is 15.3 Å². The van der Waals surface area contributed by atoms with E-state index in [0.717, 1.165) is 25.7 Å². The van der Waals surface area contributed by atoms with Gasteiger partial charge in [0.25, 0.3) is 0 Å². The number of H-pyrrole nitrogens is 1. The summed E-state index contributed by atoms with van der Waals surface area (Å²) >= 11 is 0. The van der Waals surface area contributed by atoms with Gasteiger partial charge in [-0.1, -0.05) is 12.8 Å². The smallest absolute Gasteiger partial charge is 0.326 e. The number of nitrogens with two attached hydrogens (primary N) is 1. The van der Waals surface area contributed by atoms with Crippen molar-refractivity contribution in [2.75, 3.05) is 6.54 Å². The molecule has 0 aliphatic heterocycles. The van der Waals surface area contributed by atoms with Gasteiger partial charge in [-0.25, -0.2) is 9.78 Å². The van der Waals surface area contributed by atoms with Gasteiger partial charge < -0.3 is 21.1 Å². The van der Waals surface area contributed by atoms with Crippen LogP contribution < -0.4 is 11.1 Å². The average molecular weight is 280 g/mol. The summed E-state index contributed by atoms with van der Waals surface area (Å²) in [6.45, 7) is 0.259. The number of hydrogen-bond acceptors (Lipinski definition) is 4. The second-order valence-corrected chi connectivity index (χ2v) is 5.34. The molecular formula is C13H20N4O3. The maximum Gasteiger partial charge on any atom is 0.326 e. The Kier molecular flexibility index (Phi) is 4.39. The van der Waals surface area contributed by atoms with Crippen LogP contribution in [0.2, 0.25) is 0 Å². The number of rotatable bonds is 6. The van der Waals surface area contributed by atoms with E-state index in [1.807, 2.05) is 0 Å². The van der Waals surface area contributed by atoms with Crippen molar-refractivity contribution in [3.05, 3.63) is 18.2 Å². The zero-order valence-electron chi connectivity index (χ0n) is 11.3. The number of nitrogens with one attached hydrogen (secondary N) is 2. The quantitative estimate of drug-likeness (QED) is 0.586. The van der Waals surface area contributed by atoms with E-state index in [0.29, 0.717) is 5.69 Å². The summed E-state index contributed by atoms with van der Waals surface area (Å²) in [6, 6.07) is -0.966. The normalized spacial score (nSPS) is 18.6. The van der Waals surface area contributed by atoms with Crippen molar-refractivity contribution in [3.63, 3.8) is 0 Å². The van der Waals surface area contributed by atoms with Gasteiger partial charge in [0.05, 0.1) is 11.7 Å². The summed E-state index contributed by atoms with van der Waals surface area (Å²) in [5, 5.41) is 11.9. The summed E-state index contributed by atoms with van der Waals surface area (Å²) in [5.41, 5.74) is 5.81. The van der Waals surface area contributed by atoms with Gasteiger partial charge in [0.1, 0.15) is 6.04 Å². The van der Waals surface area contributed by atoms with E-state index in [1.54, 1.807) is 6.20 Å². The molecule has 1 amide bonds. The van der Waals surface area contributed by atoms with Gasteiger partial charge >= 0.3 is 5.97 Å². The molecule has 0 spiro atoms. The third kappa shape index (κ3) is 2.98. The van der Waals surface area contributed by atoms with E-state index >= 15 is 0 Å². The van der Waals surface area contributed by atoms with Gasteiger partial charge in [-0.05, 0) is 12.8 Å². The second-order valence-electron chi connectivity index (χ2n) is 5.34. The van der Waals surface area contributed by atoms with Gasteiger partial charge in [-0.2, -0.15) is 0 Å². The van der Waals surface area contributed by atoms with Crippen LogP contribution in [0.25, 0.3) is 0 Å². The van der Waals surface area contributed by atoms with E-state index < -0.39 is 17.4 Å². The van der Waals surface area contributed by atoms with Crippen molar-refractivity contribution >= 4 is 11.9 Å². The Morgan fingerprint density at radius 3 is 2.70 bits per heavy atom. The molecule has 20 heavy (non-hydrogen) atoms. The van der Waals surface area contributed by atoms with E-state index in [2.05, 4.69) is 15.3 Å². The van der Waals surface area contributed by atoms with Crippen LogP contribution in [0.4, 0.5) is 0 Å². The predicted octanol–water partition coefficient (Wildman–Crippen LogP) is 0.0407. The third-order valence-corrected chi connectivity index (χ3v) is 4.02. The number of carbonyl (C=O) groups is 2. The zero-order chi connectivity index (χ0) is 14.6. The lowest BCUT2D eigenvalue weighted by Gasteiger charge is -2.27. The van der Waals surface area contributed by atoms with E-state index in [1.165, 1.54) is 6.33 Å². The van der Waals surface area contributed by atoms with Crippen LogP contribution in [-0.2, 0) is 16.0 Å². The summed E-state index contributed by atoms with van der Waals surface area (Å²) in [6.07, 6.45) is 6.59. The lowest BCUT2D eigenvalue weighted by Crippen LogP contribution is -2.51. The molecule has 1 aromatic heterocycles. The molecule has 1 aliphatic rings. The molecule has 2 rings (SSSR count). The first-order valence-electron chi connectivity index (χ1n) is 6.78. The van der Waals surface area contributed by atoms with Gasteiger partial charge in [0, 0.05) is 24.9 Å². The highest BCUT2D eigenvalue weighted by Crippen LogP contribution is 2.37. The molecule has 7 nitrogen and oxygen atoms in total. The molecule has 1 aromatic rings. The minimum atomic E-state index is -1.06. The maximum absolute atomic E-state index is 12.4. The first-order chi connectivity index (χ1) is 9.57. The number of carbonyl (C=O) groups excluding carboxylic acids is 1. The lowest BCUT2D eigenvalue weighted by atomic mass is 9.85. The van der Waals surface area contributed by atoms with Crippen molar-refractivity contribution in [3.8, 4) is 0 Å². The monoisotopic (exact) mass is 280 g/mol.